The van der Waals surface area contributed by atoms with Gasteiger partial charge in [0.2, 0.25) is 0 Å². The Bertz CT molecular complexity index is 1100. The molecular formula is C32H40Cl4O3. The molecule has 214 valence electrons. The molecule has 0 bridgehead atoms. The molecule has 0 spiro atoms. The molecule has 2 N–H and O–H groups in total. The fourth-order valence-corrected chi connectivity index (χ4v) is 5.68. The summed E-state index contributed by atoms with van der Waals surface area (Å²) in [6, 6.07) is 17.0. The van der Waals surface area contributed by atoms with Crippen LogP contribution in [0.4, 0.5) is 0 Å². The summed E-state index contributed by atoms with van der Waals surface area (Å²) in [5.74, 6) is 0.850. The van der Waals surface area contributed by atoms with Gasteiger partial charge in [0.15, 0.2) is 0 Å². The number of hydrogen-bond acceptors (Lipinski definition) is 3. The number of halogens is 4. The van der Waals surface area contributed by atoms with Crippen molar-refractivity contribution in [1.29, 1.82) is 0 Å². The summed E-state index contributed by atoms with van der Waals surface area (Å²) in [5.41, 5.74) is 5.14. The monoisotopic (exact) mass is 612 g/mol. The summed E-state index contributed by atoms with van der Waals surface area (Å²) >= 11 is 23.3. The lowest BCUT2D eigenvalue weighted by molar-refractivity contribution is 0.0486. The van der Waals surface area contributed by atoms with Crippen LogP contribution in [0.1, 0.15) is 66.3 Å². The Balaban J connectivity index is 0.000000225. The molecule has 0 aliphatic heterocycles. The molecule has 2 atom stereocenters. The predicted molar refractivity (Wildman–Crippen MR) is 166 cm³/mol. The van der Waals surface area contributed by atoms with Gasteiger partial charge in [-0.25, -0.2) is 0 Å². The molecule has 0 radical (unpaired) electrons. The zero-order valence-electron chi connectivity index (χ0n) is 23.0. The van der Waals surface area contributed by atoms with Crippen LogP contribution in [0, 0.1) is 19.8 Å². The third kappa shape index (κ3) is 12.4. The molecule has 1 aliphatic carbocycles. The van der Waals surface area contributed by atoms with Crippen LogP contribution in [0.2, 0.25) is 20.1 Å². The van der Waals surface area contributed by atoms with E-state index in [0.717, 1.165) is 28.5 Å². The van der Waals surface area contributed by atoms with Crippen LogP contribution >= 0.6 is 46.4 Å². The predicted octanol–water partition coefficient (Wildman–Crippen LogP) is 9.80. The molecule has 4 rings (SSSR count). The minimum Gasteiger partial charge on any atom is -0.392 e. The van der Waals surface area contributed by atoms with Gasteiger partial charge in [-0.05, 0) is 97.5 Å². The number of aryl methyl sites for hydroxylation is 3. The van der Waals surface area contributed by atoms with Gasteiger partial charge in [0.25, 0.3) is 0 Å². The van der Waals surface area contributed by atoms with Crippen LogP contribution in [0.5, 0.6) is 0 Å². The van der Waals surface area contributed by atoms with Crippen molar-refractivity contribution in [2.75, 3.05) is 7.11 Å². The van der Waals surface area contributed by atoms with Crippen molar-refractivity contribution in [3.63, 3.8) is 0 Å². The second-order valence-electron chi connectivity index (χ2n) is 10.0. The molecule has 0 saturated heterocycles. The Morgan fingerprint density at radius 3 is 1.79 bits per heavy atom. The van der Waals surface area contributed by atoms with Gasteiger partial charge >= 0.3 is 0 Å². The van der Waals surface area contributed by atoms with E-state index >= 15 is 0 Å². The van der Waals surface area contributed by atoms with Crippen molar-refractivity contribution in [2.24, 2.45) is 5.92 Å². The molecule has 3 nitrogen and oxygen atoms in total. The number of hydrogen-bond donors (Lipinski definition) is 2. The fraction of sp³-hybridized carbons (Fsp3) is 0.438. The second-order valence-corrected chi connectivity index (χ2v) is 11.7. The van der Waals surface area contributed by atoms with E-state index in [4.69, 9.17) is 61.4 Å². The summed E-state index contributed by atoms with van der Waals surface area (Å²) < 4.78 is 5.50. The highest BCUT2D eigenvalue weighted by Crippen LogP contribution is 2.30. The van der Waals surface area contributed by atoms with Crippen LogP contribution in [0.15, 0.2) is 54.6 Å². The highest BCUT2D eigenvalue weighted by atomic mass is 35.5. The minimum atomic E-state index is -0.0456. The Labute approximate surface area is 254 Å². The summed E-state index contributed by atoms with van der Waals surface area (Å²) in [6.45, 7) is 4.02. The van der Waals surface area contributed by atoms with E-state index in [9.17, 15) is 0 Å². The average Bonchev–Trinajstić information content (AvgIpc) is 2.91. The molecule has 2 unspecified atom stereocenters. The zero-order chi connectivity index (χ0) is 28.8. The standard InChI is InChI=1S/C17H25ClO.C8H9ClO.C7H6Cl2O/c1-13-9-10-15(17(18)11-13)7-3-5-14-6-4-8-16(12-14)19-2;1-6-2-3-7(5-10)8(9)4-6;8-6-2-1-5(4-10)7(9)3-6/h9-11,14,16H,3-8,12H2,1-2H3;2-4,10H,5H2,1H3;1-3,10H,4H2. The first-order valence-electron chi connectivity index (χ1n) is 13.3. The highest BCUT2D eigenvalue weighted by Gasteiger charge is 2.21. The Kier molecular flexibility index (Phi) is 15.8. The van der Waals surface area contributed by atoms with Gasteiger partial charge in [0.1, 0.15) is 0 Å². The lowest BCUT2D eigenvalue weighted by Gasteiger charge is -2.28. The maximum absolute atomic E-state index is 8.72. The number of methoxy groups -OCH3 is 1. The number of aliphatic hydroxyl groups excluding tert-OH is 2. The topological polar surface area (TPSA) is 49.7 Å². The molecule has 0 aromatic heterocycles. The lowest BCUT2D eigenvalue weighted by Crippen LogP contribution is -2.21. The summed E-state index contributed by atoms with van der Waals surface area (Å²) in [6.07, 6.45) is 9.35. The van der Waals surface area contributed by atoms with Gasteiger partial charge < -0.3 is 14.9 Å². The van der Waals surface area contributed by atoms with Crippen molar-refractivity contribution in [3.05, 3.63) is 103 Å². The van der Waals surface area contributed by atoms with Crippen LogP contribution in [-0.2, 0) is 24.4 Å². The second kappa shape index (κ2) is 18.2. The molecule has 39 heavy (non-hydrogen) atoms. The number of ether oxygens (including phenoxy) is 1. The highest BCUT2D eigenvalue weighted by molar-refractivity contribution is 6.35. The van der Waals surface area contributed by atoms with E-state index in [1.807, 2.05) is 32.2 Å². The Morgan fingerprint density at radius 1 is 0.744 bits per heavy atom. The first-order valence-corrected chi connectivity index (χ1v) is 14.9. The smallest absolute Gasteiger partial charge is 0.0696 e. The van der Waals surface area contributed by atoms with Crippen molar-refractivity contribution in [2.45, 2.75) is 78.1 Å². The maximum atomic E-state index is 8.72. The van der Waals surface area contributed by atoms with Crippen LogP contribution in [0.3, 0.4) is 0 Å². The van der Waals surface area contributed by atoms with Gasteiger partial charge in [-0.15, -0.1) is 0 Å². The third-order valence-electron chi connectivity index (χ3n) is 6.90. The average molecular weight is 614 g/mol. The number of rotatable bonds is 7. The van der Waals surface area contributed by atoms with E-state index in [1.54, 1.807) is 18.2 Å². The van der Waals surface area contributed by atoms with Crippen molar-refractivity contribution >= 4 is 46.4 Å². The van der Waals surface area contributed by atoms with Crippen molar-refractivity contribution in [3.8, 4) is 0 Å². The van der Waals surface area contributed by atoms with Gasteiger partial charge in [0, 0.05) is 27.2 Å². The zero-order valence-corrected chi connectivity index (χ0v) is 26.1. The molecule has 3 aromatic rings. The van der Waals surface area contributed by atoms with Crippen molar-refractivity contribution in [1.82, 2.24) is 0 Å². The third-order valence-corrected chi connectivity index (χ3v) is 8.19. The van der Waals surface area contributed by atoms with Crippen LogP contribution < -0.4 is 0 Å². The van der Waals surface area contributed by atoms with Crippen molar-refractivity contribution < 1.29 is 14.9 Å². The number of aliphatic hydroxyl groups is 2. The molecule has 0 heterocycles. The molecule has 1 fully saturated rings. The number of benzene rings is 3. The summed E-state index contributed by atoms with van der Waals surface area (Å²) in [4.78, 5) is 0. The first-order chi connectivity index (χ1) is 18.7. The summed E-state index contributed by atoms with van der Waals surface area (Å²) in [5, 5.41) is 20.1. The Hall–Kier alpha value is -1.30. The van der Waals surface area contributed by atoms with Gasteiger partial charge in [0.05, 0.1) is 19.3 Å². The van der Waals surface area contributed by atoms with Crippen LogP contribution in [-0.4, -0.2) is 23.4 Å². The quantitative estimate of drug-likeness (QED) is 0.279. The van der Waals surface area contributed by atoms with Gasteiger partial charge in [-0.2, -0.15) is 0 Å². The SMILES string of the molecule is COC1CCCC(CCCc2ccc(C)cc2Cl)C1.Cc1ccc(CO)c(Cl)c1.OCc1ccc(Cl)cc1Cl. The van der Waals surface area contributed by atoms with E-state index in [0.29, 0.717) is 26.7 Å². The van der Waals surface area contributed by atoms with E-state index in [2.05, 4.69) is 25.1 Å². The van der Waals surface area contributed by atoms with E-state index < -0.39 is 0 Å². The molecule has 1 aliphatic rings. The van der Waals surface area contributed by atoms with E-state index in [1.165, 1.54) is 49.7 Å². The van der Waals surface area contributed by atoms with Crippen LogP contribution in [0.25, 0.3) is 0 Å². The Morgan fingerprint density at radius 2 is 1.28 bits per heavy atom. The largest absolute Gasteiger partial charge is 0.392 e. The molecule has 3 aromatic carbocycles. The molecular weight excluding hydrogens is 574 g/mol. The molecule has 1 saturated carbocycles. The minimum absolute atomic E-state index is 0.0130. The maximum Gasteiger partial charge on any atom is 0.0696 e. The summed E-state index contributed by atoms with van der Waals surface area (Å²) in [7, 11) is 1.85. The normalized spacial score (nSPS) is 16.5. The molecule has 7 heteroatoms. The fourth-order valence-electron chi connectivity index (χ4n) is 4.58. The van der Waals surface area contributed by atoms with Gasteiger partial charge in [-0.1, -0.05) is 96.0 Å². The lowest BCUT2D eigenvalue weighted by atomic mass is 9.83. The van der Waals surface area contributed by atoms with E-state index in [-0.39, 0.29) is 13.2 Å². The van der Waals surface area contributed by atoms with Gasteiger partial charge in [-0.3, -0.25) is 0 Å². The molecule has 0 amide bonds. The first kappa shape index (κ1) is 33.9.